The number of amides is 2. The van der Waals surface area contributed by atoms with Crippen molar-refractivity contribution in [2.24, 2.45) is 0 Å². The van der Waals surface area contributed by atoms with Crippen molar-refractivity contribution in [2.45, 2.75) is 38.8 Å². The molecule has 1 aromatic rings. The average molecular weight is 360 g/mol. The Morgan fingerprint density at radius 1 is 1.00 bits per heavy atom. The van der Waals surface area contributed by atoms with E-state index in [9.17, 15) is 14.4 Å². The molecule has 0 radical (unpaired) electrons. The van der Waals surface area contributed by atoms with Gasteiger partial charge in [0.25, 0.3) is 5.56 Å². The summed E-state index contributed by atoms with van der Waals surface area (Å²) >= 11 is 0. The summed E-state index contributed by atoms with van der Waals surface area (Å²) in [6.07, 6.45) is 5.02. The predicted octanol–water partition coefficient (Wildman–Crippen LogP) is 0.394. The number of carbonyl (C=O) groups excluding carboxylic acids is 2. The van der Waals surface area contributed by atoms with Gasteiger partial charge in [0.05, 0.1) is 6.54 Å². The lowest BCUT2D eigenvalue weighted by atomic mass is 10.0. The summed E-state index contributed by atoms with van der Waals surface area (Å²) in [6, 6.07) is 5.21. The lowest BCUT2D eigenvalue weighted by Gasteiger charge is -2.38. The summed E-state index contributed by atoms with van der Waals surface area (Å²) in [5.41, 5.74) is -0.166. The fraction of sp³-hybridized carbons (Fsp3) is 0.632. The highest BCUT2D eigenvalue weighted by molar-refractivity contribution is 5.79. The topological polar surface area (TPSA) is 65.9 Å². The van der Waals surface area contributed by atoms with Crippen LogP contribution in [0.1, 0.15) is 26.2 Å². The summed E-state index contributed by atoms with van der Waals surface area (Å²) in [4.78, 5) is 42.6. The molecule has 0 N–H and O–H groups in total. The number of hydrogen-bond acceptors (Lipinski definition) is 4. The lowest BCUT2D eigenvalue weighted by Crippen LogP contribution is -2.53. The largest absolute Gasteiger partial charge is 0.339 e. The Balaban J connectivity index is 1.46. The van der Waals surface area contributed by atoms with Gasteiger partial charge in [-0.1, -0.05) is 6.07 Å². The van der Waals surface area contributed by atoms with E-state index < -0.39 is 0 Å². The summed E-state index contributed by atoms with van der Waals surface area (Å²) in [5, 5.41) is 0. The quantitative estimate of drug-likeness (QED) is 0.779. The monoisotopic (exact) mass is 360 g/mol. The van der Waals surface area contributed by atoms with Crippen LogP contribution in [-0.2, 0) is 16.1 Å². The SMILES string of the molecule is CC1CCCCN1C(=O)CN1CCN(C(=O)Cn2ccccc2=O)CC1. The third kappa shape index (κ3) is 4.52. The van der Waals surface area contributed by atoms with Gasteiger partial charge in [-0.25, -0.2) is 0 Å². The van der Waals surface area contributed by atoms with Crippen molar-refractivity contribution in [3.8, 4) is 0 Å². The van der Waals surface area contributed by atoms with Crippen molar-refractivity contribution in [1.82, 2.24) is 19.3 Å². The number of aromatic nitrogens is 1. The molecule has 0 bridgehead atoms. The van der Waals surface area contributed by atoms with E-state index in [0.717, 1.165) is 19.4 Å². The van der Waals surface area contributed by atoms with E-state index in [1.54, 1.807) is 23.2 Å². The number of pyridine rings is 1. The standard InChI is InChI=1S/C19H28N4O3/c1-16-6-2-5-9-23(16)19(26)14-20-10-12-21(13-11-20)18(25)15-22-8-4-3-7-17(22)24/h3-4,7-8,16H,2,5-6,9-15H2,1H3. The minimum Gasteiger partial charge on any atom is -0.339 e. The van der Waals surface area contributed by atoms with E-state index in [2.05, 4.69) is 11.8 Å². The molecule has 7 nitrogen and oxygen atoms in total. The van der Waals surface area contributed by atoms with Crippen LogP contribution in [0.15, 0.2) is 29.2 Å². The number of hydrogen-bond donors (Lipinski definition) is 0. The van der Waals surface area contributed by atoms with Crippen LogP contribution in [0.25, 0.3) is 0 Å². The van der Waals surface area contributed by atoms with Crippen LogP contribution in [0.5, 0.6) is 0 Å². The van der Waals surface area contributed by atoms with Crippen LogP contribution in [-0.4, -0.2) is 76.4 Å². The first-order chi connectivity index (χ1) is 12.5. The van der Waals surface area contributed by atoms with Crippen molar-refractivity contribution in [2.75, 3.05) is 39.3 Å². The van der Waals surface area contributed by atoms with Crippen molar-refractivity contribution in [3.63, 3.8) is 0 Å². The summed E-state index contributed by atoms with van der Waals surface area (Å²) in [7, 11) is 0. The minimum absolute atomic E-state index is 0.0473. The Labute approximate surface area is 154 Å². The molecule has 1 unspecified atom stereocenters. The number of piperazine rings is 1. The molecular weight excluding hydrogens is 332 g/mol. The van der Waals surface area contributed by atoms with Gasteiger partial charge in [-0.15, -0.1) is 0 Å². The Morgan fingerprint density at radius 3 is 2.46 bits per heavy atom. The van der Waals surface area contributed by atoms with Crippen molar-refractivity contribution < 1.29 is 9.59 Å². The van der Waals surface area contributed by atoms with E-state index in [4.69, 9.17) is 0 Å². The molecule has 3 rings (SSSR count). The molecule has 2 amide bonds. The normalized spacial score (nSPS) is 21.7. The molecule has 0 aromatic carbocycles. The van der Waals surface area contributed by atoms with Crippen LogP contribution in [0.3, 0.4) is 0 Å². The first kappa shape index (κ1) is 18.6. The van der Waals surface area contributed by atoms with Gasteiger partial charge in [-0.2, -0.15) is 0 Å². The molecule has 0 aliphatic carbocycles. The van der Waals surface area contributed by atoms with Gasteiger partial charge >= 0.3 is 0 Å². The molecular formula is C19H28N4O3. The summed E-state index contributed by atoms with van der Waals surface area (Å²) in [5.74, 6) is 0.154. The minimum atomic E-state index is -0.166. The highest BCUT2D eigenvalue weighted by Gasteiger charge is 2.27. The van der Waals surface area contributed by atoms with Crippen molar-refractivity contribution in [3.05, 3.63) is 34.7 Å². The zero-order valence-corrected chi connectivity index (χ0v) is 15.5. The number of piperidine rings is 1. The zero-order chi connectivity index (χ0) is 18.5. The van der Waals surface area contributed by atoms with E-state index >= 15 is 0 Å². The predicted molar refractivity (Wildman–Crippen MR) is 98.7 cm³/mol. The number of nitrogens with zero attached hydrogens (tertiary/aromatic N) is 4. The molecule has 2 fully saturated rings. The van der Waals surface area contributed by atoms with Crippen molar-refractivity contribution in [1.29, 1.82) is 0 Å². The first-order valence-electron chi connectivity index (χ1n) is 9.49. The van der Waals surface area contributed by atoms with Crippen LogP contribution in [0.2, 0.25) is 0 Å². The average Bonchev–Trinajstić information content (AvgIpc) is 2.64. The molecule has 1 atom stereocenters. The van der Waals surface area contributed by atoms with Gasteiger partial charge in [0.1, 0.15) is 6.54 Å². The van der Waals surface area contributed by atoms with Gasteiger partial charge in [0.15, 0.2) is 0 Å². The molecule has 1 aromatic heterocycles. The molecule has 2 saturated heterocycles. The van der Waals surface area contributed by atoms with Crippen LogP contribution < -0.4 is 5.56 Å². The zero-order valence-electron chi connectivity index (χ0n) is 15.5. The number of rotatable bonds is 4. The number of likely N-dealkylation sites (tertiary alicyclic amines) is 1. The Morgan fingerprint density at radius 2 is 1.77 bits per heavy atom. The van der Waals surface area contributed by atoms with Gasteiger partial charge < -0.3 is 14.4 Å². The molecule has 0 saturated carbocycles. The van der Waals surface area contributed by atoms with E-state index in [1.807, 2.05) is 4.90 Å². The Hall–Kier alpha value is -2.15. The highest BCUT2D eigenvalue weighted by atomic mass is 16.2. The maximum Gasteiger partial charge on any atom is 0.250 e. The second-order valence-corrected chi connectivity index (χ2v) is 7.26. The van der Waals surface area contributed by atoms with Gasteiger partial charge in [0, 0.05) is 51.0 Å². The maximum atomic E-state index is 12.5. The third-order valence-corrected chi connectivity index (χ3v) is 5.41. The maximum absolute atomic E-state index is 12.5. The second-order valence-electron chi connectivity index (χ2n) is 7.26. The molecule has 3 heterocycles. The molecule has 0 spiro atoms. The van der Waals surface area contributed by atoms with Crippen molar-refractivity contribution >= 4 is 11.8 Å². The van der Waals surface area contributed by atoms with E-state index in [0.29, 0.717) is 38.8 Å². The van der Waals surface area contributed by atoms with Gasteiger partial charge in [-0.3, -0.25) is 19.3 Å². The third-order valence-electron chi connectivity index (χ3n) is 5.41. The van der Waals surface area contributed by atoms with Crippen LogP contribution >= 0.6 is 0 Å². The summed E-state index contributed by atoms with van der Waals surface area (Å²) < 4.78 is 1.43. The summed E-state index contributed by atoms with van der Waals surface area (Å²) in [6.45, 7) is 6.09. The fourth-order valence-corrected chi connectivity index (χ4v) is 3.74. The van der Waals surface area contributed by atoms with Crippen LogP contribution in [0, 0.1) is 0 Å². The number of carbonyl (C=O) groups is 2. The van der Waals surface area contributed by atoms with Crippen LogP contribution in [0.4, 0.5) is 0 Å². The van der Waals surface area contributed by atoms with Gasteiger partial charge in [0.2, 0.25) is 11.8 Å². The van der Waals surface area contributed by atoms with E-state index in [1.165, 1.54) is 17.1 Å². The van der Waals surface area contributed by atoms with Gasteiger partial charge in [-0.05, 0) is 32.3 Å². The molecule has 7 heteroatoms. The lowest BCUT2D eigenvalue weighted by molar-refractivity contribution is -0.137. The molecule has 142 valence electrons. The Kier molecular flexibility index (Phi) is 6.08. The second kappa shape index (κ2) is 8.49. The molecule has 2 aliphatic heterocycles. The molecule has 2 aliphatic rings. The first-order valence-corrected chi connectivity index (χ1v) is 9.49. The highest BCUT2D eigenvalue weighted by Crippen LogP contribution is 2.17. The fourth-order valence-electron chi connectivity index (χ4n) is 3.74. The Bertz CT molecular complexity index is 694. The smallest absolute Gasteiger partial charge is 0.250 e. The molecule has 26 heavy (non-hydrogen) atoms. The van der Waals surface area contributed by atoms with E-state index in [-0.39, 0.29) is 23.9 Å².